The summed E-state index contributed by atoms with van der Waals surface area (Å²) in [5.41, 5.74) is -0.0788. The van der Waals surface area contributed by atoms with E-state index >= 15 is 0 Å². The minimum atomic E-state index is -2.90. The lowest BCUT2D eigenvalue weighted by Crippen LogP contribution is -2.43. The Morgan fingerprint density at radius 3 is 2.33 bits per heavy atom. The lowest BCUT2D eigenvalue weighted by molar-refractivity contribution is 0.340. The van der Waals surface area contributed by atoms with E-state index in [4.69, 9.17) is 0 Å². The largest absolute Gasteiger partial charge is 0.356 e. The third-order valence-corrected chi connectivity index (χ3v) is 4.24. The van der Waals surface area contributed by atoms with Crippen LogP contribution in [-0.2, 0) is 9.84 Å². The van der Waals surface area contributed by atoms with E-state index in [0.717, 1.165) is 25.3 Å². The van der Waals surface area contributed by atoms with Crippen molar-refractivity contribution in [1.82, 2.24) is 10.2 Å². The van der Waals surface area contributed by atoms with Gasteiger partial charge in [0.15, 0.2) is 5.96 Å². The van der Waals surface area contributed by atoms with Crippen molar-refractivity contribution in [1.29, 1.82) is 0 Å². The molecule has 0 radical (unpaired) electrons. The zero-order valence-corrected chi connectivity index (χ0v) is 17.4. The maximum atomic E-state index is 11.2. The smallest absolute Gasteiger partial charge is 0.193 e. The molecule has 0 unspecified atom stereocenters. The maximum absolute atomic E-state index is 11.2. The summed E-state index contributed by atoms with van der Waals surface area (Å²) in [6.45, 7) is 8.00. The first-order valence-electron chi connectivity index (χ1n) is 7.21. The Morgan fingerprint density at radius 1 is 1.33 bits per heavy atom. The number of sulfone groups is 1. The third kappa shape index (κ3) is 12.2. The number of aliphatic imine (C=N–C) groups is 1. The van der Waals surface area contributed by atoms with Gasteiger partial charge in [0, 0.05) is 33.4 Å². The standard InChI is InChI=1S/C14H31N3O2S.HI/c1-7-8-10-17(5)13(15-4)16-12-14(2,3)9-11-20(6,18)19;/h7-12H2,1-6H3,(H,15,16);1H. The summed E-state index contributed by atoms with van der Waals surface area (Å²) in [5, 5.41) is 3.34. The molecule has 128 valence electrons. The van der Waals surface area contributed by atoms with Gasteiger partial charge < -0.3 is 10.2 Å². The zero-order valence-electron chi connectivity index (χ0n) is 14.3. The van der Waals surface area contributed by atoms with E-state index in [-0.39, 0.29) is 35.1 Å². The van der Waals surface area contributed by atoms with E-state index in [1.807, 2.05) is 7.05 Å². The maximum Gasteiger partial charge on any atom is 0.193 e. The number of hydrogen-bond acceptors (Lipinski definition) is 3. The fourth-order valence-corrected chi connectivity index (χ4v) is 2.68. The van der Waals surface area contributed by atoms with E-state index in [1.165, 1.54) is 6.26 Å². The minimum absolute atomic E-state index is 0. The first kappa shape index (κ1) is 23.2. The van der Waals surface area contributed by atoms with Crippen LogP contribution in [0.5, 0.6) is 0 Å². The minimum Gasteiger partial charge on any atom is -0.356 e. The Morgan fingerprint density at radius 2 is 1.90 bits per heavy atom. The first-order valence-corrected chi connectivity index (χ1v) is 9.27. The number of hydrogen-bond donors (Lipinski definition) is 1. The van der Waals surface area contributed by atoms with Crippen LogP contribution in [0, 0.1) is 5.41 Å². The summed E-state index contributed by atoms with van der Waals surface area (Å²) in [6, 6.07) is 0. The third-order valence-electron chi connectivity index (χ3n) is 3.30. The van der Waals surface area contributed by atoms with Crippen LogP contribution in [0.2, 0.25) is 0 Å². The second-order valence-electron chi connectivity index (χ2n) is 6.22. The fourth-order valence-electron chi connectivity index (χ4n) is 1.75. The molecule has 0 bridgehead atoms. The summed E-state index contributed by atoms with van der Waals surface area (Å²) < 4.78 is 22.5. The SMILES string of the molecule is CCCCN(C)C(=NC)NCC(C)(C)CCS(C)(=O)=O.I. The molecule has 0 aliphatic heterocycles. The Hall–Kier alpha value is -0.0500. The number of rotatable bonds is 8. The number of nitrogens with zero attached hydrogens (tertiary/aromatic N) is 2. The molecule has 0 amide bonds. The van der Waals surface area contributed by atoms with Crippen LogP contribution in [0.4, 0.5) is 0 Å². The van der Waals surface area contributed by atoms with Gasteiger partial charge in [-0.2, -0.15) is 0 Å². The van der Waals surface area contributed by atoms with Crippen LogP contribution in [0.25, 0.3) is 0 Å². The topological polar surface area (TPSA) is 61.8 Å². The van der Waals surface area contributed by atoms with Gasteiger partial charge in [0.25, 0.3) is 0 Å². The van der Waals surface area contributed by atoms with Crippen LogP contribution in [0.1, 0.15) is 40.0 Å². The Bertz CT molecular complexity index is 408. The van der Waals surface area contributed by atoms with Crippen molar-refractivity contribution < 1.29 is 8.42 Å². The lowest BCUT2D eigenvalue weighted by Gasteiger charge is -2.28. The van der Waals surface area contributed by atoms with E-state index < -0.39 is 9.84 Å². The molecule has 7 heteroatoms. The Kier molecular flexibility index (Phi) is 11.8. The van der Waals surface area contributed by atoms with E-state index in [9.17, 15) is 8.42 Å². The summed E-state index contributed by atoms with van der Waals surface area (Å²) >= 11 is 0. The van der Waals surface area contributed by atoms with Gasteiger partial charge in [0.1, 0.15) is 9.84 Å². The average Bonchev–Trinajstić information content (AvgIpc) is 2.34. The second kappa shape index (κ2) is 10.6. The van der Waals surface area contributed by atoms with Gasteiger partial charge in [0.05, 0.1) is 5.75 Å². The van der Waals surface area contributed by atoms with Crippen LogP contribution in [0.15, 0.2) is 4.99 Å². The summed E-state index contributed by atoms with van der Waals surface area (Å²) in [5.74, 6) is 1.09. The van der Waals surface area contributed by atoms with Crippen molar-refractivity contribution in [3.63, 3.8) is 0 Å². The summed E-state index contributed by atoms with van der Waals surface area (Å²) in [7, 11) is 0.896. The second-order valence-corrected chi connectivity index (χ2v) is 8.48. The van der Waals surface area contributed by atoms with Crippen LogP contribution < -0.4 is 5.32 Å². The van der Waals surface area contributed by atoms with Crippen molar-refractivity contribution in [2.24, 2.45) is 10.4 Å². The molecule has 0 aliphatic rings. The quantitative estimate of drug-likeness (QED) is 0.363. The van der Waals surface area contributed by atoms with Gasteiger partial charge in [-0.25, -0.2) is 8.42 Å². The Labute approximate surface area is 147 Å². The molecule has 1 N–H and O–H groups in total. The summed E-state index contributed by atoms with van der Waals surface area (Å²) in [4.78, 5) is 6.37. The molecule has 0 aliphatic carbocycles. The molecule has 21 heavy (non-hydrogen) atoms. The molecule has 0 heterocycles. The lowest BCUT2D eigenvalue weighted by atomic mass is 9.90. The van der Waals surface area contributed by atoms with Gasteiger partial charge in [-0.15, -0.1) is 24.0 Å². The van der Waals surface area contributed by atoms with Crippen molar-refractivity contribution in [3.05, 3.63) is 0 Å². The predicted octanol–water partition coefficient (Wildman–Crippen LogP) is 2.37. The molecule has 0 saturated heterocycles. The molecule has 0 rings (SSSR count). The van der Waals surface area contributed by atoms with Crippen molar-refractivity contribution in [2.75, 3.05) is 39.2 Å². The van der Waals surface area contributed by atoms with Crippen molar-refractivity contribution >= 4 is 39.8 Å². The number of unbranched alkanes of at least 4 members (excludes halogenated alkanes) is 1. The van der Waals surface area contributed by atoms with Gasteiger partial charge in [-0.05, 0) is 18.3 Å². The van der Waals surface area contributed by atoms with E-state index in [2.05, 4.69) is 36.0 Å². The highest BCUT2D eigenvalue weighted by atomic mass is 127. The molecule has 5 nitrogen and oxygen atoms in total. The molecule has 0 atom stereocenters. The Balaban J connectivity index is 0. The van der Waals surface area contributed by atoms with E-state index in [1.54, 1.807) is 7.05 Å². The van der Waals surface area contributed by atoms with Crippen molar-refractivity contribution in [2.45, 2.75) is 40.0 Å². The summed E-state index contributed by atoms with van der Waals surface area (Å²) in [6.07, 6.45) is 4.22. The average molecular weight is 433 g/mol. The van der Waals surface area contributed by atoms with Crippen LogP contribution in [0.3, 0.4) is 0 Å². The molecule has 0 aromatic heterocycles. The first-order chi connectivity index (χ1) is 9.11. The highest BCUT2D eigenvalue weighted by molar-refractivity contribution is 14.0. The normalized spacial score (nSPS) is 12.8. The molecular formula is C14H32IN3O2S. The number of halogens is 1. The van der Waals surface area contributed by atoms with Crippen molar-refractivity contribution in [3.8, 4) is 0 Å². The van der Waals surface area contributed by atoms with Gasteiger partial charge >= 0.3 is 0 Å². The molecule has 0 saturated carbocycles. The van der Waals surface area contributed by atoms with Crippen LogP contribution >= 0.6 is 24.0 Å². The monoisotopic (exact) mass is 433 g/mol. The highest BCUT2D eigenvalue weighted by Gasteiger charge is 2.21. The van der Waals surface area contributed by atoms with Gasteiger partial charge in [0.2, 0.25) is 0 Å². The van der Waals surface area contributed by atoms with Gasteiger partial charge in [-0.1, -0.05) is 27.2 Å². The number of guanidine groups is 1. The van der Waals surface area contributed by atoms with E-state index in [0.29, 0.717) is 13.0 Å². The molecule has 0 spiro atoms. The predicted molar refractivity (Wildman–Crippen MR) is 102 cm³/mol. The van der Waals surface area contributed by atoms with Gasteiger partial charge in [-0.3, -0.25) is 4.99 Å². The molecule has 0 aromatic rings. The molecule has 0 aromatic carbocycles. The zero-order chi connectivity index (χ0) is 15.8. The fraction of sp³-hybridized carbons (Fsp3) is 0.929. The van der Waals surface area contributed by atoms with Crippen LogP contribution in [-0.4, -0.2) is 58.5 Å². The molecular weight excluding hydrogens is 401 g/mol. The highest BCUT2D eigenvalue weighted by Crippen LogP contribution is 2.19. The molecule has 0 fully saturated rings. The number of nitrogens with one attached hydrogen (secondary N) is 1.